The minimum absolute atomic E-state index is 0.193. The lowest BCUT2D eigenvalue weighted by Gasteiger charge is -2.35. The molecule has 8 heteroatoms. The zero-order valence-corrected chi connectivity index (χ0v) is 13.6. The van der Waals surface area contributed by atoms with Crippen molar-refractivity contribution in [2.75, 3.05) is 19.6 Å². The smallest absolute Gasteiger partial charge is 0.220 e. The van der Waals surface area contributed by atoms with Crippen LogP contribution in [0.15, 0.2) is 24.3 Å². The number of sulfonamides is 1. The third-order valence-electron chi connectivity index (χ3n) is 4.71. The van der Waals surface area contributed by atoms with E-state index >= 15 is 0 Å². The first-order valence-electron chi connectivity index (χ1n) is 8.07. The Morgan fingerprint density at radius 3 is 2.70 bits per heavy atom. The Balaban J connectivity index is 1.70. The Kier molecular flexibility index (Phi) is 3.84. The first-order chi connectivity index (χ1) is 11.2. The summed E-state index contributed by atoms with van der Waals surface area (Å²) in [5.41, 5.74) is 7.67. The van der Waals surface area contributed by atoms with Crippen LogP contribution in [-0.4, -0.2) is 47.6 Å². The van der Waals surface area contributed by atoms with E-state index in [0.29, 0.717) is 19.6 Å². The average Bonchev–Trinajstić information content (AvgIpc) is 3.24. The fourth-order valence-electron chi connectivity index (χ4n) is 3.46. The minimum Gasteiger partial charge on any atom is -0.341 e. The highest BCUT2D eigenvalue weighted by Gasteiger charge is 2.40. The van der Waals surface area contributed by atoms with Gasteiger partial charge in [-0.15, -0.1) is 0 Å². The number of para-hydroxylation sites is 2. The van der Waals surface area contributed by atoms with Gasteiger partial charge < -0.3 is 4.98 Å². The van der Waals surface area contributed by atoms with E-state index in [4.69, 9.17) is 0 Å². The molecule has 0 saturated carbocycles. The molecule has 0 bridgehead atoms. The number of hydrazine groups is 1. The molecule has 2 saturated heterocycles. The standard InChI is InChI=1S/C15H21N5O2S/c21-23(22,11-9-16-17-10-11)20-8-4-3-7-14(20)15-18-12-5-1-2-6-13(12)19-15/h1-2,5-6,11,14,16-17H,3-4,7-10H2,(H,18,19). The topological polar surface area (TPSA) is 90.1 Å². The van der Waals surface area contributed by atoms with Gasteiger partial charge in [-0.25, -0.2) is 13.4 Å². The first-order valence-corrected chi connectivity index (χ1v) is 9.57. The summed E-state index contributed by atoms with van der Waals surface area (Å²) in [6.07, 6.45) is 2.74. The Morgan fingerprint density at radius 2 is 1.91 bits per heavy atom. The molecular weight excluding hydrogens is 314 g/mol. The number of rotatable bonds is 3. The third kappa shape index (κ3) is 2.65. The molecule has 1 atom stereocenters. The van der Waals surface area contributed by atoms with Gasteiger partial charge in [-0.05, 0) is 25.0 Å². The molecule has 3 N–H and O–H groups in total. The second-order valence-electron chi connectivity index (χ2n) is 6.19. The fraction of sp³-hybridized carbons (Fsp3) is 0.533. The van der Waals surface area contributed by atoms with Crippen LogP contribution in [0.4, 0.5) is 0 Å². The molecule has 0 radical (unpaired) electrons. The molecule has 23 heavy (non-hydrogen) atoms. The fourth-order valence-corrected chi connectivity index (χ4v) is 5.37. The van der Waals surface area contributed by atoms with Crippen LogP contribution in [0.1, 0.15) is 31.1 Å². The van der Waals surface area contributed by atoms with Gasteiger partial charge in [-0.3, -0.25) is 10.9 Å². The van der Waals surface area contributed by atoms with Gasteiger partial charge in [-0.1, -0.05) is 18.6 Å². The lowest BCUT2D eigenvalue weighted by atomic mass is 10.0. The quantitative estimate of drug-likeness (QED) is 0.775. The maximum atomic E-state index is 13.0. The molecule has 0 spiro atoms. The van der Waals surface area contributed by atoms with Crippen LogP contribution in [0.2, 0.25) is 0 Å². The number of nitrogens with one attached hydrogen (secondary N) is 3. The van der Waals surface area contributed by atoms with E-state index in [0.717, 1.165) is 36.1 Å². The van der Waals surface area contributed by atoms with Crippen molar-refractivity contribution in [1.29, 1.82) is 0 Å². The number of hydrogen-bond acceptors (Lipinski definition) is 5. The maximum Gasteiger partial charge on any atom is 0.220 e. The van der Waals surface area contributed by atoms with Crippen LogP contribution in [0, 0.1) is 0 Å². The highest BCUT2D eigenvalue weighted by molar-refractivity contribution is 7.89. The number of benzene rings is 1. The van der Waals surface area contributed by atoms with Crippen LogP contribution in [0.3, 0.4) is 0 Å². The molecule has 1 aromatic carbocycles. The SMILES string of the molecule is O=S(=O)(C1CNNC1)N1CCCCC1c1nc2ccccc2[nH]1. The zero-order chi connectivity index (χ0) is 15.9. The van der Waals surface area contributed by atoms with Crippen molar-refractivity contribution in [3.63, 3.8) is 0 Å². The van der Waals surface area contributed by atoms with Crippen molar-refractivity contribution >= 4 is 21.1 Å². The molecule has 4 rings (SSSR count). The van der Waals surface area contributed by atoms with E-state index in [-0.39, 0.29) is 6.04 Å². The van der Waals surface area contributed by atoms with Gasteiger partial charge in [-0.2, -0.15) is 4.31 Å². The number of fused-ring (bicyclic) bond motifs is 1. The lowest BCUT2D eigenvalue weighted by molar-refractivity contribution is 0.246. The summed E-state index contributed by atoms with van der Waals surface area (Å²) in [5.74, 6) is 0.758. The highest BCUT2D eigenvalue weighted by Crippen LogP contribution is 2.34. The van der Waals surface area contributed by atoms with E-state index in [1.165, 1.54) is 0 Å². The number of hydrogen-bond donors (Lipinski definition) is 3. The second kappa shape index (κ2) is 5.86. The zero-order valence-electron chi connectivity index (χ0n) is 12.8. The number of aromatic amines is 1. The molecule has 2 aliphatic heterocycles. The van der Waals surface area contributed by atoms with Crippen LogP contribution in [0.25, 0.3) is 11.0 Å². The lowest BCUT2D eigenvalue weighted by Crippen LogP contribution is -2.45. The predicted octanol–water partition coefficient (Wildman–Crippen LogP) is 0.896. The highest BCUT2D eigenvalue weighted by atomic mass is 32.2. The van der Waals surface area contributed by atoms with Crippen molar-refractivity contribution in [2.24, 2.45) is 0 Å². The summed E-state index contributed by atoms with van der Waals surface area (Å²) in [5, 5.41) is -0.410. The van der Waals surface area contributed by atoms with E-state index in [9.17, 15) is 8.42 Å². The number of aromatic nitrogens is 2. The first kappa shape index (κ1) is 15.1. The Bertz CT molecular complexity index is 764. The Hall–Kier alpha value is -1.48. The van der Waals surface area contributed by atoms with Crippen LogP contribution in [0.5, 0.6) is 0 Å². The summed E-state index contributed by atoms with van der Waals surface area (Å²) in [4.78, 5) is 7.94. The van der Waals surface area contributed by atoms with Gasteiger partial charge in [0.25, 0.3) is 0 Å². The molecular formula is C15H21N5O2S. The molecule has 2 aromatic rings. The Morgan fingerprint density at radius 1 is 1.13 bits per heavy atom. The normalized spacial score (nSPS) is 24.4. The average molecular weight is 335 g/mol. The second-order valence-corrected chi connectivity index (χ2v) is 8.36. The van der Waals surface area contributed by atoms with Crippen molar-refractivity contribution in [2.45, 2.75) is 30.6 Å². The molecule has 7 nitrogen and oxygen atoms in total. The summed E-state index contributed by atoms with van der Waals surface area (Å²) in [7, 11) is -3.35. The van der Waals surface area contributed by atoms with Crippen molar-refractivity contribution in [3.8, 4) is 0 Å². The molecule has 1 unspecified atom stereocenters. The molecule has 2 fully saturated rings. The van der Waals surface area contributed by atoms with Crippen molar-refractivity contribution in [1.82, 2.24) is 25.1 Å². The molecule has 2 aliphatic rings. The molecule has 3 heterocycles. The van der Waals surface area contributed by atoms with Gasteiger partial charge in [0.2, 0.25) is 10.0 Å². The largest absolute Gasteiger partial charge is 0.341 e. The predicted molar refractivity (Wildman–Crippen MR) is 88.1 cm³/mol. The Labute approximate surface area is 135 Å². The van der Waals surface area contributed by atoms with E-state index < -0.39 is 15.3 Å². The number of imidazole rings is 1. The minimum atomic E-state index is -3.35. The molecule has 124 valence electrons. The van der Waals surface area contributed by atoms with Gasteiger partial charge in [0.15, 0.2) is 0 Å². The van der Waals surface area contributed by atoms with Crippen molar-refractivity contribution in [3.05, 3.63) is 30.1 Å². The van der Waals surface area contributed by atoms with Crippen LogP contribution < -0.4 is 10.9 Å². The summed E-state index contributed by atoms with van der Waals surface area (Å²) in [6.45, 7) is 1.47. The molecule has 1 aromatic heterocycles. The van der Waals surface area contributed by atoms with Crippen molar-refractivity contribution < 1.29 is 8.42 Å². The maximum absolute atomic E-state index is 13.0. The summed E-state index contributed by atoms with van der Waals surface area (Å²) < 4.78 is 27.6. The number of nitrogens with zero attached hydrogens (tertiary/aromatic N) is 2. The summed E-state index contributed by atoms with van der Waals surface area (Å²) >= 11 is 0. The van der Waals surface area contributed by atoms with Crippen LogP contribution >= 0.6 is 0 Å². The van der Waals surface area contributed by atoms with Gasteiger partial charge >= 0.3 is 0 Å². The summed E-state index contributed by atoms with van der Waals surface area (Å²) in [6, 6.07) is 7.62. The van der Waals surface area contributed by atoms with E-state index in [1.807, 2.05) is 24.3 Å². The number of H-pyrrole nitrogens is 1. The van der Waals surface area contributed by atoms with Gasteiger partial charge in [0.05, 0.1) is 17.1 Å². The van der Waals surface area contributed by atoms with Gasteiger partial charge in [0.1, 0.15) is 11.1 Å². The number of piperidine rings is 1. The van der Waals surface area contributed by atoms with Crippen LogP contribution in [-0.2, 0) is 10.0 Å². The third-order valence-corrected chi connectivity index (χ3v) is 6.98. The molecule has 0 aliphatic carbocycles. The van der Waals surface area contributed by atoms with Gasteiger partial charge in [0, 0.05) is 19.6 Å². The van der Waals surface area contributed by atoms with E-state index in [2.05, 4.69) is 20.8 Å². The molecule has 0 amide bonds. The van der Waals surface area contributed by atoms with E-state index in [1.54, 1.807) is 4.31 Å². The monoisotopic (exact) mass is 335 g/mol.